The fourth-order valence-electron chi connectivity index (χ4n) is 2.26. The minimum atomic E-state index is -0.285. The molecule has 0 bridgehead atoms. The Bertz CT molecular complexity index is 756. The van der Waals surface area contributed by atoms with Crippen molar-refractivity contribution in [2.75, 3.05) is 11.6 Å². The highest BCUT2D eigenvalue weighted by atomic mass is 32.2. The molecule has 0 aliphatic heterocycles. The summed E-state index contributed by atoms with van der Waals surface area (Å²) in [7, 11) is 0. The molecule has 1 heterocycles. The molecular formula is C17H17FN4S. The number of aryl methyl sites for hydroxylation is 1. The molecule has 0 atom stereocenters. The molecule has 2 N–H and O–H groups in total. The number of nitrogens with two attached hydrogens (primary N) is 1. The van der Waals surface area contributed by atoms with Crippen molar-refractivity contribution in [1.29, 1.82) is 0 Å². The Labute approximate surface area is 138 Å². The van der Waals surface area contributed by atoms with Gasteiger partial charge in [0.15, 0.2) is 5.82 Å². The van der Waals surface area contributed by atoms with E-state index in [-0.39, 0.29) is 5.82 Å². The van der Waals surface area contributed by atoms with E-state index in [2.05, 4.69) is 22.3 Å². The van der Waals surface area contributed by atoms with Crippen LogP contribution in [0.25, 0.3) is 11.4 Å². The summed E-state index contributed by atoms with van der Waals surface area (Å²) in [5, 5.41) is 8.88. The summed E-state index contributed by atoms with van der Waals surface area (Å²) in [5.41, 5.74) is 2.08. The highest BCUT2D eigenvalue weighted by Gasteiger charge is 2.12. The zero-order valence-corrected chi connectivity index (χ0v) is 13.3. The normalized spacial score (nSPS) is 10.8. The monoisotopic (exact) mass is 328 g/mol. The van der Waals surface area contributed by atoms with Gasteiger partial charge in [-0.05, 0) is 42.7 Å². The van der Waals surface area contributed by atoms with E-state index in [1.54, 1.807) is 23.9 Å². The summed E-state index contributed by atoms with van der Waals surface area (Å²) in [5.74, 6) is 7.21. The molecule has 23 heavy (non-hydrogen) atoms. The predicted molar refractivity (Wildman–Crippen MR) is 91.1 cm³/mol. The summed E-state index contributed by atoms with van der Waals surface area (Å²) in [6.45, 7) is 0. The lowest BCUT2D eigenvalue weighted by molar-refractivity contribution is 0.628. The van der Waals surface area contributed by atoms with Crippen molar-refractivity contribution in [2.45, 2.75) is 18.0 Å². The standard InChI is InChI=1S/C17H17FN4S/c18-15-10-8-14(9-11-15)16-20-21-17(22(16)19)23-12-4-7-13-5-2-1-3-6-13/h1-3,5-6,8-11H,4,7,12,19H2. The summed E-state index contributed by atoms with van der Waals surface area (Å²) >= 11 is 1.58. The molecule has 6 heteroatoms. The topological polar surface area (TPSA) is 56.7 Å². The van der Waals surface area contributed by atoms with Crippen molar-refractivity contribution in [3.8, 4) is 11.4 Å². The molecule has 0 saturated heterocycles. The lowest BCUT2D eigenvalue weighted by atomic mass is 10.1. The number of aromatic nitrogens is 3. The molecule has 3 aromatic rings. The van der Waals surface area contributed by atoms with E-state index in [4.69, 9.17) is 5.84 Å². The molecule has 1 aromatic heterocycles. The number of rotatable bonds is 6. The Morgan fingerprint density at radius 1 is 1.00 bits per heavy atom. The Hall–Kier alpha value is -2.34. The van der Waals surface area contributed by atoms with Gasteiger partial charge in [0.25, 0.3) is 0 Å². The average molecular weight is 328 g/mol. The first-order chi connectivity index (χ1) is 11.2. The van der Waals surface area contributed by atoms with Crippen LogP contribution in [0.15, 0.2) is 59.8 Å². The van der Waals surface area contributed by atoms with Crippen LogP contribution in [0.4, 0.5) is 4.39 Å². The van der Waals surface area contributed by atoms with E-state index >= 15 is 0 Å². The van der Waals surface area contributed by atoms with Gasteiger partial charge in [0, 0.05) is 11.3 Å². The van der Waals surface area contributed by atoms with Crippen LogP contribution >= 0.6 is 11.8 Å². The van der Waals surface area contributed by atoms with Crippen molar-refractivity contribution in [2.24, 2.45) is 0 Å². The number of nitrogens with zero attached hydrogens (tertiary/aromatic N) is 3. The van der Waals surface area contributed by atoms with Crippen molar-refractivity contribution in [1.82, 2.24) is 14.9 Å². The van der Waals surface area contributed by atoms with Gasteiger partial charge in [0.05, 0.1) is 0 Å². The van der Waals surface area contributed by atoms with Crippen LogP contribution in [0.1, 0.15) is 12.0 Å². The molecule has 0 radical (unpaired) electrons. The fraction of sp³-hybridized carbons (Fsp3) is 0.176. The van der Waals surface area contributed by atoms with Crippen molar-refractivity contribution in [3.63, 3.8) is 0 Å². The van der Waals surface area contributed by atoms with Gasteiger partial charge in [0.2, 0.25) is 5.16 Å². The molecule has 0 aliphatic rings. The van der Waals surface area contributed by atoms with Crippen molar-refractivity contribution in [3.05, 3.63) is 66.0 Å². The number of benzene rings is 2. The van der Waals surface area contributed by atoms with Gasteiger partial charge in [-0.2, -0.15) is 0 Å². The van der Waals surface area contributed by atoms with Crippen LogP contribution in [-0.4, -0.2) is 20.6 Å². The van der Waals surface area contributed by atoms with Crippen molar-refractivity contribution >= 4 is 11.8 Å². The summed E-state index contributed by atoms with van der Waals surface area (Å²) in [6, 6.07) is 16.4. The van der Waals surface area contributed by atoms with Gasteiger partial charge in [0.1, 0.15) is 5.82 Å². The largest absolute Gasteiger partial charge is 0.335 e. The van der Waals surface area contributed by atoms with E-state index in [1.165, 1.54) is 22.4 Å². The average Bonchev–Trinajstić information content (AvgIpc) is 2.94. The van der Waals surface area contributed by atoms with Crippen LogP contribution in [0.3, 0.4) is 0 Å². The molecule has 0 fully saturated rings. The van der Waals surface area contributed by atoms with Gasteiger partial charge >= 0.3 is 0 Å². The van der Waals surface area contributed by atoms with Crippen LogP contribution in [0.5, 0.6) is 0 Å². The zero-order chi connectivity index (χ0) is 16.1. The Balaban J connectivity index is 1.58. The molecule has 0 unspecified atom stereocenters. The highest BCUT2D eigenvalue weighted by Crippen LogP contribution is 2.22. The molecule has 3 rings (SSSR count). The SMILES string of the molecule is Nn1c(SCCCc2ccccc2)nnc1-c1ccc(F)cc1. The number of thioether (sulfide) groups is 1. The van der Waals surface area contributed by atoms with Gasteiger partial charge in [-0.15, -0.1) is 10.2 Å². The van der Waals surface area contributed by atoms with Crippen LogP contribution in [-0.2, 0) is 6.42 Å². The molecule has 118 valence electrons. The molecular weight excluding hydrogens is 311 g/mol. The minimum absolute atomic E-state index is 0.285. The Morgan fingerprint density at radius 3 is 2.48 bits per heavy atom. The van der Waals surface area contributed by atoms with E-state index in [0.717, 1.165) is 24.2 Å². The quantitative estimate of drug-likeness (QED) is 0.427. The van der Waals surface area contributed by atoms with E-state index in [0.29, 0.717) is 11.0 Å². The highest BCUT2D eigenvalue weighted by molar-refractivity contribution is 7.99. The maximum absolute atomic E-state index is 13.0. The van der Waals surface area contributed by atoms with Crippen LogP contribution in [0.2, 0.25) is 0 Å². The third-order valence-electron chi connectivity index (χ3n) is 3.45. The summed E-state index contributed by atoms with van der Waals surface area (Å²) < 4.78 is 14.4. The lowest BCUT2D eigenvalue weighted by Crippen LogP contribution is -2.11. The van der Waals surface area contributed by atoms with Crippen LogP contribution < -0.4 is 5.84 Å². The minimum Gasteiger partial charge on any atom is -0.335 e. The van der Waals surface area contributed by atoms with Crippen LogP contribution in [0, 0.1) is 5.82 Å². The smallest absolute Gasteiger partial charge is 0.210 e. The number of hydrogen-bond acceptors (Lipinski definition) is 4. The third-order valence-corrected chi connectivity index (χ3v) is 4.48. The van der Waals surface area contributed by atoms with Crippen molar-refractivity contribution < 1.29 is 4.39 Å². The first kappa shape index (κ1) is 15.6. The molecule has 4 nitrogen and oxygen atoms in total. The molecule has 2 aromatic carbocycles. The summed E-state index contributed by atoms with van der Waals surface area (Å²) in [6.07, 6.45) is 2.06. The van der Waals surface area contributed by atoms with E-state index in [9.17, 15) is 4.39 Å². The molecule has 0 amide bonds. The van der Waals surface area contributed by atoms with Gasteiger partial charge in [-0.25, -0.2) is 9.07 Å². The van der Waals surface area contributed by atoms with Gasteiger partial charge in [-0.3, -0.25) is 0 Å². The van der Waals surface area contributed by atoms with Gasteiger partial charge < -0.3 is 5.84 Å². The zero-order valence-electron chi connectivity index (χ0n) is 12.5. The summed E-state index contributed by atoms with van der Waals surface area (Å²) in [4.78, 5) is 0. The first-order valence-corrected chi connectivity index (χ1v) is 8.36. The number of hydrogen-bond donors (Lipinski definition) is 1. The van der Waals surface area contributed by atoms with E-state index < -0.39 is 0 Å². The van der Waals surface area contributed by atoms with Gasteiger partial charge in [-0.1, -0.05) is 42.1 Å². The molecule has 0 aliphatic carbocycles. The van der Waals surface area contributed by atoms with E-state index in [1.807, 2.05) is 18.2 Å². The number of halogens is 1. The number of nitrogen functional groups attached to an aromatic ring is 1. The second kappa shape index (κ2) is 7.28. The third kappa shape index (κ3) is 3.90. The maximum atomic E-state index is 13.0. The Kier molecular flexibility index (Phi) is 4.92. The Morgan fingerprint density at radius 2 is 1.74 bits per heavy atom. The predicted octanol–water partition coefficient (Wildman–Crippen LogP) is 3.52. The second-order valence-corrected chi connectivity index (χ2v) is 6.18. The lowest BCUT2D eigenvalue weighted by Gasteiger charge is -2.04. The fourth-order valence-corrected chi connectivity index (χ4v) is 3.05. The first-order valence-electron chi connectivity index (χ1n) is 7.37. The molecule has 0 spiro atoms. The maximum Gasteiger partial charge on any atom is 0.210 e. The second-order valence-electron chi connectivity index (χ2n) is 5.12. The molecule has 0 saturated carbocycles.